The smallest absolute Gasteiger partial charge is 0.258 e. The molecule has 0 atom stereocenters. The van der Waals surface area contributed by atoms with Gasteiger partial charge < -0.3 is 0 Å². The van der Waals surface area contributed by atoms with Crippen molar-refractivity contribution in [3.05, 3.63) is 89.8 Å². The minimum Gasteiger partial charge on any atom is -0.258 e. The van der Waals surface area contributed by atoms with Gasteiger partial charge in [-0.05, 0) is 35.4 Å². The van der Waals surface area contributed by atoms with Crippen molar-refractivity contribution >= 4 is 43.2 Å². The zero-order chi connectivity index (χ0) is 18.8. The first-order valence-electron chi connectivity index (χ1n) is 7.35. The maximum atomic E-state index is 11.3. The molecule has 130 valence electrons. The molecule has 0 aromatic heterocycles. The predicted octanol–water partition coefficient (Wildman–Crippen LogP) is 6.36. The number of rotatable bonds is 4. The predicted molar refractivity (Wildman–Crippen MR) is 106 cm³/mol. The molecule has 0 radical (unpaired) electrons. The maximum absolute atomic E-state index is 11.3. The van der Waals surface area contributed by atoms with Gasteiger partial charge in [0.1, 0.15) is 0 Å². The van der Waals surface area contributed by atoms with Crippen LogP contribution in [0.15, 0.2) is 69.6 Å². The van der Waals surface area contributed by atoms with Crippen LogP contribution in [0.2, 0.25) is 0 Å². The summed E-state index contributed by atoms with van der Waals surface area (Å²) in [6.07, 6.45) is 0. The second-order valence-corrected chi connectivity index (χ2v) is 7.25. The molecule has 0 unspecified atom stereocenters. The van der Waals surface area contributed by atoms with Gasteiger partial charge in [-0.2, -0.15) is 0 Å². The molecule has 6 nitrogen and oxygen atoms in total. The minimum atomic E-state index is -0.437. The topological polar surface area (TPSA) is 86.3 Å². The van der Waals surface area contributed by atoms with E-state index in [1.54, 1.807) is 48.5 Å². The highest BCUT2D eigenvalue weighted by atomic mass is 79.9. The highest BCUT2D eigenvalue weighted by Gasteiger charge is 2.18. The van der Waals surface area contributed by atoms with Gasteiger partial charge in [0, 0.05) is 21.1 Å². The van der Waals surface area contributed by atoms with E-state index in [1.165, 1.54) is 12.1 Å². The Morgan fingerprint density at radius 3 is 1.27 bits per heavy atom. The van der Waals surface area contributed by atoms with Crippen LogP contribution in [-0.4, -0.2) is 9.85 Å². The fraction of sp³-hybridized carbons (Fsp3) is 0. The number of nitro benzene ring substituents is 2. The zero-order valence-corrected chi connectivity index (χ0v) is 16.2. The van der Waals surface area contributed by atoms with Crippen LogP contribution in [0.25, 0.3) is 22.3 Å². The number of hydrogen-bond donors (Lipinski definition) is 0. The average molecular weight is 478 g/mol. The first-order chi connectivity index (χ1) is 12.4. The van der Waals surface area contributed by atoms with E-state index in [4.69, 9.17) is 0 Å². The highest BCUT2D eigenvalue weighted by Crippen LogP contribution is 2.36. The summed E-state index contributed by atoms with van der Waals surface area (Å²) < 4.78 is 1.24. The van der Waals surface area contributed by atoms with Crippen molar-refractivity contribution in [2.75, 3.05) is 0 Å². The van der Waals surface area contributed by atoms with Gasteiger partial charge >= 0.3 is 0 Å². The van der Waals surface area contributed by atoms with Crippen LogP contribution in [0.3, 0.4) is 0 Å². The van der Waals surface area contributed by atoms with E-state index in [0.29, 0.717) is 31.2 Å². The Hall–Kier alpha value is -2.58. The molecule has 0 saturated carbocycles. The molecule has 0 saturated heterocycles. The van der Waals surface area contributed by atoms with E-state index < -0.39 is 9.85 Å². The normalized spacial score (nSPS) is 10.5. The van der Waals surface area contributed by atoms with E-state index in [9.17, 15) is 20.2 Å². The Morgan fingerprint density at radius 2 is 0.962 bits per heavy atom. The van der Waals surface area contributed by atoms with Crippen molar-refractivity contribution in [2.24, 2.45) is 0 Å². The van der Waals surface area contributed by atoms with Gasteiger partial charge in [-0.3, -0.25) is 20.2 Å². The number of nitro groups is 2. The summed E-state index contributed by atoms with van der Waals surface area (Å²) in [5, 5.41) is 22.6. The Morgan fingerprint density at radius 1 is 0.615 bits per heavy atom. The molecule has 3 rings (SSSR count). The molecule has 0 amide bonds. The quantitative estimate of drug-likeness (QED) is 0.323. The summed E-state index contributed by atoms with van der Waals surface area (Å²) in [7, 11) is 0. The lowest BCUT2D eigenvalue weighted by atomic mass is 9.98. The van der Waals surface area contributed by atoms with Crippen LogP contribution in [0.5, 0.6) is 0 Å². The largest absolute Gasteiger partial charge is 0.278 e. The van der Waals surface area contributed by atoms with E-state index in [0.717, 1.165) is 0 Å². The van der Waals surface area contributed by atoms with Crippen molar-refractivity contribution in [3.8, 4) is 22.3 Å². The molecular formula is C18H10Br2N2O4. The molecule has 26 heavy (non-hydrogen) atoms. The molecule has 8 heteroatoms. The fourth-order valence-electron chi connectivity index (χ4n) is 2.63. The highest BCUT2D eigenvalue weighted by molar-refractivity contribution is 9.10. The lowest BCUT2D eigenvalue weighted by Crippen LogP contribution is -1.93. The van der Waals surface area contributed by atoms with Gasteiger partial charge in [0.25, 0.3) is 11.4 Å². The average Bonchev–Trinajstić information content (AvgIpc) is 2.61. The Balaban J connectivity index is 2.06. The molecule has 0 spiro atoms. The van der Waals surface area contributed by atoms with Crippen molar-refractivity contribution in [2.45, 2.75) is 0 Å². The molecule has 0 aliphatic carbocycles. The summed E-state index contributed by atoms with van der Waals surface area (Å²) in [5.41, 5.74) is 2.26. The monoisotopic (exact) mass is 476 g/mol. The van der Waals surface area contributed by atoms with Gasteiger partial charge in [-0.25, -0.2) is 0 Å². The van der Waals surface area contributed by atoms with Crippen LogP contribution >= 0.6 is 31.9 Å². The van der Waals surface area contributed by atoms with Gasteiger partial charge in [0.05, 0.1) is 21.0 Å². The molecule has 3 aromatic rings. The summed E-state index contributed by atoms with van der Waals surface area (Å²) >= 11 is 6.47. The number of hydrogen-bond acceptors (Lipinski definition) is 4. The van der Waals surface area contributed by atoms with Crippen molar-refractivity contribution in [1.29, 1.82) is 0 Å². The summed E-state index contributed by atoms with van der Waals surface area (Å²) in [6.45, 7) is 0. The lowest BCUT2D eigenvalue weighted by molar-refractivity contribution is -0.384. The van der Waals surface area contributed by atoms with Crippen molar-refractivity contribution in [3.63, 3.8) is 0 Å². The molecular weight excluding hydrogens is 468 g/mol. The number of halogens is 2. The fourth-order valence-corrected chi connectivity index (χ4v) is 3.33. The number of benzene rings is 3. The van der Waals surface area contributed by atoms with Gasteiger partial charge in [-0.1, -0.05) is 56.1 Å². The first-order valence-corrected chi connectivity index (χ1v) is 8.94. The third-order valence-corrected chi connectivity index (χ3v) is 4.81. The molecule has 0 aliphatic heterocycles. The lowest BCUT2D eigenvalue weighted by Gasteiger charge is -2.07. The Labute approximate surface area is 165 Å². The summed E-state index contributed by atoms with van der Waals surface area (Å²) in [6, 6.07) is 16.6. The van der Waals surface area contributed by atoms with Crippen LogP contribution < -0.4 is 0 Å². The third kappa shape index (κ3) is 3.66. The maximum Gasteiger partial charge on any atom is 0.278 e. The Kier molecular flexibility index (Phi) is 5.15. The van der Waals surface area contributed by atoms with Gasteiger partial charge in [0.2, 0.25) is 0 Å². The van der Waals surface area contributed by atoms with E-state index in [1.807, 2.05) is 0 Å². The molecule has 3 aromatic carbocycles. The summed E-state index contributed by atoms with van der Waals surface area (Å²) in [5.74, 6) is 0. The van der Waals surface area contributed by atoms with Crippen LogP contribution in [-0.2, 0) is 0 Å². The van der Waals surface area contributed by atoms with Crippen LogP contribution in [0.1, 0.15) is 0 Å². The third-order valence-electron chi connectivity index (χ3n) is 3.82. The molecule has 0 bridgehead atoms. The van der Waals surface area contributed by atoms with Gasteiger partial charge in [-0.15, -0.1) is 0 Å². The van der Waals surface area contributed by atoms with Crippen molar-refractivity contribution < 1.29 is 9.85 Å². The van der Waals surface area contributed by atoms with Crippen LogP contribution in [0.4, 0.5) is 11.4 Å². The molecule has 0 heterocycles. The van der Waals surface area contributed by atoms with Gasteiger partial charge in [0.15, 0.2) is 0 Å². The zero-order valence-electron chi connectivity index (χ0n) is 13.1. The minimum absolute atomic E-state index is 0.0123. The van der Waals surface area contributed by atoms with Crippen LogP contribution in [0, 0.1) is 20.2 Å². The van der Waals surface area contributed by atoms with E-state index in [-0.39, 0.29) is 11.4 Å². The number of nitrogens with zero attached hydrogens (tertiary/aromatic N) is 2. The first kappa shape index (κ1) is 18.2. The van der Waals surface area contributed by atoms with E-state index >= 15 is 0 Å². The van der Waals surface area contributed by atoms with E-state index in [2.05, 4.69) is 31.9 Å². The Bertz CT molecular complexity index is 938. The van der Waals surface area contributed by atoms with Crippen molar-refractivity contribution in [1.82, 2.24) is 0 Å². The molecule has 0 fully saturated rings. The summed E-state index contributed by atoms with van der Waals surface area (Å²) in [4.78, 5) is 21.7. The second-order valence-electron chi connectivity index (χ2n) is 5.41. The SMILES string of the molecule is O=[N+]([O-])c1cc(Br)ccc1-c1ccc(-c2ccc(Br)cc2[N+](=O)[O-])cc1. The molecule has 0 aliphatic rings. The molecule has 0 N–H and O–H groups in total. The second kappa shape index (κ2) is 7.35. The standard InChI is InChI=1S/C18H10Br2N2O4/c19-13-5-7-15(17(9-13)21(23)24)11-1-2-12(4-3-11)16-8-6-14(20)10-18(16)22(25)26/h1-10H.